The average molecular weight is 444 g/mol. The van der Waals surface area contributed by atoms with Gasteiger partial charge in [-0.3, -0.25) is 19.7 Å². The van der Waals surface area contributed by atoms with Crippen molar-refractivity contribution in [3.8, 4) is 0 Å². The lowest BCUT2D eigenvalue weighted by Gasteiger charge is -2.26. The molecule has 3 amide bonds. The molecule has 1 aliphatic heterocycles. The first-order valence-electron chi connectivity index (χ1n) is 9.39. The number of anilines is 1. The maximum Gasteiger partial charge on any atom is 0.410 e. The number of hydrogen-bond donors (Lipinski definition) is 2. The fraction of sp³-hybridized carbons (Fsp3) is 0.250. The first-order valence-corrected chi connectivity index (χ1v) is 10.2. The Morgan fingerprint density at radius 2 is 2.03 bits per heavy atom. The second kappa shape index (κ2) is 9.39. The quantitative estimate of drug-likeness (QED) is 0.398. The number of amides is 3. The van der Waals surface area contributed by atoms with Crippen LogP contribution in [-0.2, 0) is 22.5 Å². The summed E-state index contributed by atoms with van der Waals surface area (Å²) in [6.07, 6.45) is 2.75. The molecule has 0 saturated heterocycles. The predicted octanol–water partition coefficient (Wildman–Crippen LogP) is 2.92. The van der Waals surface area contributed by atoms with E-state index in [4.69, 9.17) is 10.5 Å². The summed E-state index contributed by atoms with van der Waals surface area (Å²) in [7, 11) is 0. The molecular weight excluding hydrogens is 424 g/mol. The van der Waals surface area contributed by atoms with Crippen molar-refractivity contribution in [2.75, 3.05) is 18.5 Å². The first-order chi connectivity index (χ1) is 14.8. The highest BCUT2D eigenvalue weighted by molar-refractivity contribution is 7.17. The van der Waals surface area contributed by atoms with Crippen LogP contribution in [0.5, 0.6) is 0 Å². The second-order valence-electron chi connectivity index (χ2n) is 6.61. The molecule has 1 aromatic carbocycles. The minimum Gasteiger partial charge on any atom is -0.450 e. The van der Waals surface area contributed by atoms with Crippen molar-refractivity contribution in [3.63, 3.8) is 0 Å². The van der Waals surface area contributed by atoms with E-state index in [1.165, 1.54) is 52.7 Å². The summed E-state index contributed by atoms with van der Waals surface area (Å²) in [5, 5.41) is 13.7. The van der Waals surface area contributed by atoms with Gasteiger partial charge in [-0.2, -0.15) is 0 Å². The smallest absolute Gasteiger partial charge is 0.410 e. The number of nitrogens with zero attached hydrogens (tertiary/aromatic N) is 2. The van der Waals surface area contributed by atoms with E-state index >= 15 is 0 Å². The predicted molar refractivity (Wildman–Crippen MR) is 115 cm³/mol. The lowest BCUT2D eigenvalue weighted by molar-refractivity contribution is -0.384. The third kappa shape index (κ3) is 5.07. The zero-order chi connectivity index (χ0) is 22.5. The van der Waals surface area contributed by atoms with Gasteiger partial charge in [0.2, 0.25) is 5.91 Å². The fourth-order valence-corrected chi connectivity index (χ4v) is 4.43. The number of non-ortho nitro benzene ring substituents is 1. The molecular formula is C20H20N4O6S. The third-order valence-electron chi connectivity index (χ3n) is 4.60. The Balaban J connectivity index is 1.75. The highest BCUT2D eigenvalue weighted by atomic mass is 32.1. The van der Waals surface area contributed by atoms with Crippen LogP contribution in [0.4, 0.5) is 15.5 Å². The van der Waals surface area contributed by atoms with Crippen molar-refractivity contribution in [1.82, 2.24) is 4.90 Å². The van der Waals surface area contributed by atoms with Crippen LogP contribution in [0.1, 0.15) is 33.3 Å². The van der Waals surface area contributed by atoms with E-state index in [2.05, 4.69) is 5.32 Å². The van der Waals surface area contributed by atoms with E-state index in [0.29, 0.717) is 23.5 Å². The van der Waals surface area contributed by atoms with E-state index < -0.39 is 22.8 Å². The normalized spacial score (nSPS) is 13.0. The second-order valence-corrected chi connectivity index (χ2v) is 7.72. The van der Waals surface area contributed by atoms with Crippen molar-refractivity contribution in [2.24, 2.45) is 5.73 Å². The van der Waals surface area contributed by atoms with Crippen LogP contribution in [0.2, 0.25) is 0 Å². The van der Waals surface area contributed by atoms with Gasteiger partial charge in [0.15, 0.2) is 0 Å². The monoisotopic (exact) mass is 444 g/mol. The average Bonchev–Trinajstić information content (AvgIpc) is 3.09. The minimum atomic E-state index is -0.656. The summed E-state index contributed by atoms with van der Waals surface area (Å²) in [6.45, 7) is 2.65. The standard InChI is InChI=1S/C20H20N4O6S/c1-2-30-20(27)23-10-9-14-15(11-23)31-19(17(14)18(21)26)22-16(25)8-5-12-3-6-13(7-4-12)24(28)29/h3-8H,2,9-11H2,1H3,(H2,21,26)(H,22,25). The number of thiophene rings is 1. The van der Waals surface area contributed by atoms with Crippen molar-refractivity contribution >= 4 is 46.0 Å². The number of nitro groups is 1. The molecule has 0 radical (unpaired) electrons. The molecule has 0 unspecified atom stereocenters. The molecule has 10 nitrogen and oxygen atoms in total. The number of ether oxygens (including phenoxy) is 1. The van der Waals surface area contributed by atoms with Gasteiger partial charge in [-0.25, -0.2) is 4.79 Å². The molecule has 31 heavy (non-hydrogen) atoms. The van der Waals surface area contributed by atoms with Crippen LogP contribution >= 0.6 is 11.3 Å². The molecule has 0 atom stereocenters. The Morgan fingerprint density at radius 1 is 1.32 bits per heavy atom. The lowest BCUT2D eigenvalue weighted by atomic mass is 10.0. The number of carbonyl (C=O) groups is 3. The van der Waals surface area contributed by atoms with Crippen LogP contribution in [0.15, 0.2) is 30.3 Å². The van der Waals surface area contributed by atoms with Gasteiger partial charge in [-0.15, -0.1) is 11.3 Å². The van der Waals surface area contributed by atoms with Crippen LogP contribution in [0.25, 0.3) is 6.08 Å². The van der Waals surface area contributed by atoms with Gasteiger partial charge in [-0.05, 0) is 42.7 Å². The lowest BCUT2D eigenvalue weighted by Crippen LogP contribution is -2.36. The highest BCUT2D eigenvalue weighted by Gasteiger charge is 2.29. The molecule has 3 rings (SSSR count). The number of fused-ring (bicyclic) bond motifs is 1. The number of carbonyl (C=O) groups excluding carboxylic acids is 3. The van der Waals surface area contributed by atoms with Gasteiger partial charge in [-0.1, -0.05) is 0 Å². The molecule has 0 bridgehead atoms. The zero-order valence-electron chi connectivity index (χ0n) is 16.6. The van der Waals surface area contributed by atoms with Crippen LogP contribution in [-0.4, -0.2) is 40.9 Å². The molecule has 162 valence electrons. The maximum absolute atomic E-state index is 12.4. The number of nitrogens with one attached hydrogen (secondary N) is 1. The number of nitrogens with two attached hydrogens (primary N) is 1. The van der Waals surface area contributed by atoms with Crippen molar-refractivity contribution in [1.29, 1.82) is 0 Å². The maximum atomic E-state index is 12.4. The molecule has 11 heteroatoms. The van der Waals surface area contributed by atoms with E-state index in [1.807, 2.05) is 0 Å². The SMILES string of the molecule is CCOC(=O)N1CCc2c(sc(NC(=O)C=Cc3ccc([N+](=O)[O-])cc3)c2C(N)=O)C1. The first kappa shape index (κ1) is 22.0. The Hall–Kier alpha value is -3.73. The minimum absolute atomic E-state index is 0.0475. The summed E-state index contributed by atoms with van der Waals surface area (Å²) in [4.78, 5) is 48.9. The Labute approximate surface area is 181 Å². The van der Waals surface area contributed by atoms with Gasteiger partial charge >= 0.3 is 6.09 Å². The van der Waals surface area contributed by atoms with Crippen LogP contribution in [0, 0.1) is 10.1 Å². The van der Waals surface area contributed by atoms with Gasteiger partial charge in [0.05, 0.1) is 23.6 Å². The molecule has 2 aromatic rings. The number of nitro benzene ring substituents is 1. The van der Waals surface area contributed by atoms with Gasteiger partial charge in [0.1, 0.15) is 5.00 Å². The van der Waals surface area contributed by atoms with E-state index in [0.717, 1.165) is 10.4 Å². The van der Waals surface area contributed by atoms with E-state index in [1.54, 1.807) is 6.92 Å². The number of rotatable bonds is 6. The molecule has 2 heterocycles. The Kier molecular flexibility index (Phi) is 6.65. The van der Waals surface area contributed by atoms with Gasteiger partial charge in [0.25, 0.3) is 11.6 Å². The molecule has 0 aliphatic carbocycles. The number of benzene rings is 1. The largest absolute Gasteiger partial charge is 0.450 e. The molecule has 3 N–H and O–H groups in total. The molecule has 1 aliphatic rings. The molecule has 1 aromatic heterocycles. The summed E-state index contributed by atoms with van der Waals surface area (Å²) in [6, 6.07) is 5.71. The molecule has 0 saturated carbocycles. The topological polar surface area (TPSA) is 145 Å². The van der Waals surface area contributed by atoms with E-state index in [9.17, 15) is 24.5 Å². The Morgan fingerprint density at radius 3 is 2.65 bits per heavy atom. The van der Waals surface area contributed by atoms with Gasteiger partial charge < -0.3 is 20.7 Å². The summed E-state index contributed by atoms with van der Waals surface area (Å²) < 4.78 is 5.02. The summed E-state index contributed by atoms with van der Waals surface area (Å²) in [5.74, 6) is -1.14. The summed E-state index contributed by atoms with van der Waals surface area (Å²) in [5.41, 5.74) is 7.08. The Bertz CT molecular complexity index is 1060. The number of primary amides is 1. The van der Waals surface area contributed by atoms with Crippen molar-refractivity contribution < 1.29 is 24.0 Å². The molecule has 0 fully saturated rings. The highest BCUT2D eigenvalue weighted by Crippen LogP contribution is 2.37. The van der Waals surface area contributed by atoms with Gasteiger partial charge in [0, 0.05) is 29.6 Å². The summed E-state index contributed by atoms with van der Waals surface area (Å²) >= 11 is 1.19. The van der Waals surface area contributed by atoms with Crippen molar-refractivity contribution in [3.05, 3.63) is 62.0 Å². The van der Waals surface area contributed by atoms with E-state index in [-0.39, 0.29) is 24.4 Å². The zero-order valence-corrected chi connectivity index (χ0v) is 17.4. The molecule has 0 spiro atoms. The fourth-order valence-electron chi connectivity index (χ4n) is 3.16. The van der Waals surface area contributed by atoms with Crippen LogP contribution in [0.3, 0.4) is 0 Å². The number of hydrogen-bond acceptors (Lipinski definition) is 7. The van der Waals surface area contributed by atoms with Crippen LogP contribution < -0.4 is 11.1 Å². The van der Waals surface area contributed by atoms with Crippen molar-refractivity contribution in [2.45, 2.75) is 19.9 Å². The third-order valence-corrected chi connectivity index (χ3v) is 5.73.